The molecule has 1 N–H and O–H groups in total. The molecule has 0 aliphatic carbocycles. The minimum atomic E-state index is -2.87. The summed E-state index contributed by atoms with van der Waals surface area (Å²) in [5.74, 6) is -0.282. The van der Waals surface area contributed by atoms with Crippen molar-refractivity contribution in [3.05, 3.63) is 23.2 Å². The molecule has 0 bridgehead atoms. The third-order valence-electron chi connectivity index (χ3n) is 1.80. The van der Waals surface area contributed by atoms with Crippen molar-refractivity contribution in [1.82, 2.24) is 20.2 Å². The van der Waals surface area contributed by atoms with E-state index in [-0.39, 0.29) is 21.9 Å². The number of hydrogen-bond acceptors (Lipinski definition) is 4. The molecule has 8 heteroatoms. The number of rotatable bonds is 2. The van der Waals surface area contributed by atoms with Crippen molar-refractivity contribution >= 4 is 11.6 Å². The maximum absolute atomic E-state index is 12.2. The zero-order valence-electron chi connectivity index (χ0n) is 7.68. The van der Waals surface area contributed by atoms with Crippen LogP contribution in [0, 0.1) is 0 Å². The Bertz CT molecular complexity index is 516. The van der Waals surface area contributed by atoms with Crippen molar-refractivity contribution < 1.29 is 13.9 Å². The van der Waals surface area contributed by atoms with Gasteiger partial charge in [-0.3, -0.25) is 0 Å². The van der Waals surface area contributed by atoms with Gasteiger partial charge in [0.25, 0.3) is 0 Å². The van der Waals surface area contributed by atoms with E-state index in [2.05, 4.69) is 15.4 Å². The lowest BCUT2D eigenvalue weighted by atomic mass is 10.2. The van der Waals surface area contributed by atoms with E-state index >= 15 is 0 Å². The average Bonchev–Trinajstić information content (AvgIpc) is 2.66. The summed E-state index contributed by atoms with van der Waals surface area (Å²) in [6, 6.07) is 4.17. The summed E-state index contributed by atoms with van der Waals surface area (Å²) in [4.78, 5) is 0.156. The van der Waals surface area contributed by atoms with Crippen LogP contribution in [0.25, 0.3) is 11.4 Å². The summed E-state index contributed by atoms with van der Waals surface area (Å²) in [5.41, 5.74) is 0.191. The molecule has 0 spiro atoms. The van der Waals surface area contributed by atoms with Crippen LogP contribution in [0.3, 0.4) is 0 Å². The Morgan fingerprint density at radius 2 is 2.12 bits per heavy atom. The molecule has 0 aliphatic heterocycles. The zero-order valence-corrected chi connectivity index (χ0v) is 8.44. The molecule has 0 saturated heterocycles. The van der Waals surface area contributed by atoms with Crippen LogP contribution in [0.4, 0.5) is 8.78 Å². The number of hydrogen-bond donors (Lipinski definition) is 1. The lowest BCUT2D eigenvalue weighted by Gasteiger charge is -1.99. The third-order valence-corrected chi connectivity index (χ3v) is 2.04. The van der Waals surface area contributed by atoms with E-state index in [4.69, 9.17) is 11.6 Å². The fourth-order valence-electron chi connectivity index (χ4n) is 1.11. The summed E-state index contributed by atoms with van der Waals surface area (Å²) in [7, 11) is 0. The highest BCUT2D eigenvalue weighted by atomic mass is 35.5. The molecule has 0 atom stereocenters. The fourth-order valence-corrected chi connectivity index (χ4v) is 1.28. The van der Waals surface area contributed by atoms with E-state index in [0.29, 0.717) is 5.02 Å². The van der Waals surface area contributed by atoms with Gasteiger partial charge in [0.1, 0.15) is 5.75 Å². The van der Waals surface area contributed by atoms with Crippen molar-refractivity contribution in [3.8, 4) is 17.1 Å². The third kappa shape index (κ3) is 1.94. The van der Waals surface area contributed by atoms with Gasteiger partial charge >= 0.3 is 6.55 Å². The van der Waals surface area contributed by atoms with Crippen LogP contribution in [-0.2, 0) is 0 Å². The van der Waals surface area contributed by atoms with Crippen molar-refractivity contribution in [2.45, 2.75) is 6.55 Å². The second kappa shape index (κ2) is 4.01. The Kier molecular flexibility index (Phi) is 2.69. The number of nitrogens with zero attached hydrogens (tertiary/aromatic N) is 4. The van der Waals surface area contributed by atoms with Gasteiger partial charge in [0.15, 0.2) is 0 Å². The van der Waals surface area contributed by atoms with Gasteiger partial charge in [-0.1, -0.05) is 16.4 Å². The Hall–Kier alpha value is -1.76. The first-order valence-electron chi connectivity index (χ1n) is 4.14. The van der Waals surface area contributed by atoms with E-state index in [1.165, 1.54) is 18.2 Å². The maximum atomic E-state index is 12.2. The molecule has 84 valence electrons. The van der Waals surface area contributed by atoms with E-state index in [1.807, 2.05) is 0 Å². The molecule has 1 aromatic carbocycles. The van der Waals surface area contributed by atoms with Crippen molar-refractivity contribution in [2.75, 3.05) is 0 Å². The highest BCUT2D eigenvalue weighted by Gasteiger charge is 2.14. The molecule has 2 aromatic rings. The molecular formula is C8H5ClF2N4O. The summed E-state index contributed by atoms with van der Waals surface area (Å²) in [5, 5.41) is 19.8. The number of phenolic OH excluding ortho intramolecular Hbond substituents is 1. The Balaban J connectivity index is 2.42. The molecule has 16 heavy (non-hydrogen) atoms. The van der Waals surface area contributed by atoms with Gasteiger partial charge in [-0.15, -0.1) is 10.2 Å². The van der Waals surface area contributed by atoms with Crippen LogP contribution in [0.15, 0.2) is 18.2 Å². The van der Waals surface area contributed by atoms with Crippen LogP contribution < -0.4 is 0 Å². The number of tetrazole rings is 1. The molecule has 0 aliphatic rings. The number of halogens is 3. The van der Waals surface area contributed by atoms with E-state index in [0.717, 1.165) is 0 Å². The number of benzene rings is 1. The standard InChI is InChI=1S/C8H5ClF2N4O/c9-4-1-2-5(6(16)3-4)7-12-14-15(13-7)8(10)11/h1-3,8,16H. The van der Waals surface area contributed by atoms with Crippen LogP contribution in [0.2, 0.25) is 5.02 Å². The van der Waals surface area contributed by atoms with Gasteiger partial charge in [0, 0.05) is 5.02 Å². The molecule has 1 aromatic heterocycles. The topological polar surface area (TPSA) is 63.8 Å². The van der Waals surface area contributed by atoms with Crippen LogP contribution in [0.1, 0.15) is 6.55 Å². The molecule has 0 saturated carbocycles. The smallest absolute Gasteiger partial charge is 0.350 e. The summed E-state index contributed by atoms with van der Waals surface area (Å²) < 4.78 is 24.4. The number of aromatic nitrogens is 4. The summed E-state index contributed by atoms with van der Waals surface area (Å²) >= 11 is 5.62. The summed E-state index contributed by atoms with van der Waals surface area (Å²) in [6.45, 7) is -2.87. The minimum absolute atomic E-state index is 0.0885. The highest BCUT2D eigenvalue weighted by Crippen LogP contribution is 2.28. The quantitative estimate of drug-likeness (QED) is 0.881. The van der Waals surface area contributed by atoms with Gasteiger partial charge in [0.2, 0.25) is 5.82 Å². The predicted molar refractivity (Wildman–Crippen MR) is 51.2 cm³/mol. The Morgan fingerprint density at radius 1 is 1.38 bits per heavy atom. The Morgan fingerprint density at radius 3 is 2.69 bits per heavy atom. The minimum Gasteiger partial charge on any atom is -0.507 e. The van der Waals surface area contributed by atoms with Gasteiger partial charge in [0.05, 0.1) is 5.56 Å². The van der Waals surface area contributed by atoms with E-state index < -0.39 is 6.55 Å². The van der Waals surface area contributed by atoms with Gasteiger partial charge in [-0.2, -0.15) is 8.78 Å². The summed E-state index contributed by atoms with van der Waals surface area (Å²) in [6.07, 6.45) is 0. The largest absolute Gasteiger partial charge is 0.507 e. The van der Waals surface area contributed by atoms with Crippen LogP contribution >= 0.6 is 11.6 Å². The number of alkyl halides is 2. The Labute approximate surface area is 93.3 Å². The normalized spacial score (nSPS) is 11.0. The molecule has 2 rings (SSSR count). The van der Waals surface area contributed by atoms with E-state index in [9.17, 15) is 13.9 Å². The van der Waals surface area contributed by atoms with E-state index in [1.54, 1.807) is 0 Å². The lowest BCUT2D eigenvalue weighted by molar-refractivity contribution is 0.0397. The average molecular weight is 247 g/mol. The predicted octanol–water partition coefficient (Wildman–Crippen LogP) is 2.09. The monoisotopic (exact) mass is 246 g/mol. The van der Waals surface area contributed by atoms with Gasteiger partial charge in [-0.05, 0) is 23.4 Å². The van der Waals surface area contributed by atoms with Crippen molar-refractivity contribution in [1.29, 1.82) is 0 Å². The first kappa shape index (κ1) is 10.7. The first-order valence-corrected chi connectivity index (χ1v) is 4.52. The zero-order chi connectivity index (χ0) is 11.7. The molecule has 0 fully saturated rings. The number of aromatic hydroxyl groups is 1. The van der Waals surface area contributed by atoms with Gasteiger partial charge < -0.3 is 5.11 Å². The number of phenols is 1. The highest BCUT2D eigenvalue weighted by molar-refractivity contribution is 6.30. The molecular weight excluding hydrogens is 242 g/mol. The van der Waals surface area contributed by atoms with Crippen LogP contribution in [0.5, 0.6) is 5.75 Å². The molecule has 0 amide bonds. The molecule has 0 radical (unpaired) electrons. The molecule has 1 heterocycles. The van der Waals surface area contributed by atoms with Gasteiger partial charge in [-0.25, -0.2) is 0 Å². The maximum Gasteiger partial charge on any atom is 0.350 e. The van der Waals surface area contributed by atoms with Crippen molar-refractivity contribution in [2.24, 2.45) is 0 Å². The molecule has 5 nitrogen and oxygen atoms in total. The fraction of sp³-hybridized carbons (Fsp3) is 0.125. The first-order chi connectivity index (χ1) is 7.58. The molecule has 0 unspecified atom stereocenters. The van der Waals surface area contributed by atoms with Crippen molar-refractivity contribution in [3.63, 3.8) is 0 Å². The lowest BCUT2D eigenvalue weighted by Crippen LogP contribution is -2.02. The second-order valence-electron chi connectivity index (χ2n) is 2.87. The van der Waals surface area contributed by atoms with Crippen LogP contribution in [-0.4, -0.2) is 25.3 Å². The second-order valence-corrected chi connectivity index (χ2v) is 3.31. The SMILES string of the molecule is Oc1cc(Cl)ccc1-c1nnn(C(F)F)n1.